The summed E-state index contributed by atoms with van der Waals surface area (Å²) in [4.78, 5) is 0. The maximum Gasteiger partial charge on any atom is 0.261 e. The lowest BCUT2D eigenvalue weighted by molar-refractivity contribution is 0.154. The Hall–Kier alpha value is -1.68. The number of benzene rings is 2. The van der Waals surface area contributed by atoms with Crippen molar-refractivity contribution in [3.8, 4) is 0 Å². The lowest BCUT2D eigenvalue weighted by Gasteiger charge is -2.44. The molecule has 2 rings (SSSR count). The monoisotopic (exact) mass is 368 g/mol. The molecule has 0 heterocycles. The van der Waals surface area contributed by atoms with Gasteiger partial charge in [-0.1, -0.05) is 87.5 Å². The summed E-state index contributed by atoms with van der Waals surface area (Å²) in [5.74, 6) is 0. The van der Waals surface area contributed by atoms with Gasteiger partial charge in [-0.2, -0.15) is 0 Å². The summed E-state index contributed by atoms with van der Waals surface area (Å²) in [5.41, 5.74) is 0. The molecule has 0 bridgehead atoms. The van der Waals surface area contributed by atoms with Gasteiger partial charge in [0, 0.05) is 6.10 Å². The minimum absolute atomic E-state index is 0.0268. The highest BCUT2D eigenvalue weighted by atomic mass is 28.4. The molecule has 0 saturated heterocycles. The Morgan fingerprint density at radius 1 is 0.962 bits per heavy atom. The van der Waals surface area contributed by atoms with Crippen LogP contribution < -0.4 is 10.4 Å². The van der Waals surface area contributed by atoms with Crippen LogP contribution in [0.2, 0.25) is 5.04 Å². The zero-order chi connectivity index (χ0) is 19.2. The first-order chi connectivity index (χ1) is 12.3. The molecular formula is C23H32O2Si. The highest BCUT2D eigenvalue weighted by Gasteiger charge is 2.50. The Kier molecular flexibility index (Phi) is 6.99. The fraction of sp³-hybridized carbons (Fsp3) is 0.391. The lowest BCUT2D eigenvalue weighted by atomic mass is 10.1. The second-order valence-electron chi connectivity index (χ2n) is 7.97. The van der Waals surface area contributed by atoms with Gasteiger partial charge in [0.1, 0.15) is 0 Å². The Balaban J connectivity index is 2.48. The van der Waals surface area contributed by atoms with Gasteiger partial charge in [0.2, 0.25) is 0 Å². The minimum atomic E-state index is -2.50. The molecule has 0 aliphatic carbocycles. The zero-order valence-electron chi connectivity index (χ0n) is 16.5. The van der Waals surface area contributed by atoms with Gasteiger partial charge >= 0.3 is 0 Å². The maximum absolute atomic E-state index is 9.84. The summed E-state index contributed by atoms with van der Waals surface area (Å²) in [6.45, 7) is 12.6. The number of aliphatic hydroxyl groups is 1. The van der Waals surface area contributed by atoms with Gasteiger partial charge in [-0.3, -0.25) is 0 Å². The Morgan fingerprint density at radius 3 is 1.81 bits per heavy atom. The van der Waals surface area contributed by atoms with Crippen molar-refractivity contribution in [3.05, 3.63) is 73.3 Å². The van der Waals surface area contributed by atoms with E-state index in [1.807, 2.05) is 0 Å². The number of aliphatic hydroxyl groups excluding tert-OH is 1. The molecule has 2 atom stereocenters. The molecular weight excluding hydrogens is 336 g/mol. The first-order valence-corrected chi connectivity index (χ1v) is 11.3. The summed E-state index contributed by atoms with van der Waals surface area (Å²) >= 11 is 0. The third kappa shape index (κ3) is 4.53. The molecule has 26 heavy (non-hydrogen) atoms. The average Bonchev–Trinajstić information content (AvgIpc) is 2.64. The Bertz CT molecular complexity index is 637. The highest BCUT2D eigenvalue weighted by Crippen LogP contribution is 2.37. The summed E-state index contributed by atoms with van der Waals surface area (Å²) in [7, 11) is -2.50. The fourth-order valence-corrected chi connectivity index (χ4v) is 8.31. The van der Waals surface area contributed by atoms with Crippen LogP contribution in [0.4, 0.5) is 0 Å². The summed E-state index contributed by atoms with van der Waals surface area (Å²) in [6, 6.07) is 21.3. The second-order valence-corrected chi connectivity index (χ2v) is 12.2. The topological polar surface area (TPSA) is 29.5 Å². The number of hydrogen-bond donors (Lipinski definition) is 1. The van der Waals surface area contributed by atoms with E-state index in [1.54, 1.807) is 6.08 Å². The predicted octanol–water partition coefficient (Wildman–Crippen LogP) is 4.28. The van der Waals surface area contributed by atoms with Crippen LogP contribution in [0.15, 0.2) is 73.3 Å². The Labute approximate surface area is 159 Å². The molecule has 0 saturated carbocycles. The minimum Gasteiger partial charge on any atom is -0.405 e. The molecule has 0 fully saturated rings. The van der Waals surface area contributed by atoms with Crippen molar-refractivity contribution in [2.24, 2.45) is 0 Å². The van der Waals surface area contributed by atoms with Crippen LogP contribution in [-0.2, 0) is 4.43 Å². The number of rotatable bonds is 8. The van der Waals surface area contributed by atoms with Crippen molar-refractivity contribution in [2.45, 2.75) is 57.8 Å². The molecule has 2 aromatic carbocycles. The molecule has 1 unspecified atom stereocenters. The third-order valence-electron chi connectivity index (χ3n) is 4.94. The van der Waals surface area contributed by atoms with Crippen molar-refractivity contribution in [3.63, 3.8) is 0 Å². The molecule has 140 valence electrons. The van der Waals surface area contributed by atoms with E-state index < -0.39 is 14.4 Å². The molecule has 0 aliphatic heterocycles. The lowest BCUT2D eigenvalue weighted by Crippen LogP contribution is -2.67. The summed E-state index contributed by atoms with van der Waals surface area (Å²) < 4.78 is 6.96. The molecule has 0 amide bonds. The van der Waals surface area contributed by atoms with Gasteiger partial charge in [-0.15, -0.1) is 6.58 Å². The Morgan fingerprint density at radius 2 is 1.42 bits per heavy atom. The molecule has 0 aliphatic rings. The second kappa shape index (κ2) is 8.80. The molecule has 0 spiro atoms. The fourth-order valence-electron chi connectivity index (χ4n) is 3.58. The van der Waals surface area contributed by atoms with E-state index in [1.165, 1.54) is 10.4 Å². The van der Waals surface area contributed by atoms with E-state index in [0.29, 0.717) is 6.42 Å². The van der Waals surface area contributed by atoms with Crippen LogP contribution in [0.5, 0.6) is 0 Å². The quantitative estimate of drug-likeness (QED) is 0.557. The van der Waals surface area contributed by atoms with Crippen molar-refractivity contribution in [1.29, 1.82) is 0 Å². The maximum atomic E-state index is 9.84. The standard InChI is InChI=1S/C23H32O2Si/c1-6-20(24)18-17-19(2)25-26(23(3,4)5,21-13-9-7-10-14-21)22-15-11-8-12-16-22/h6-16,19-20,24H,1,17-18H2,2-5H3/t19-,20?/m1/s1. The van der Waals surface area contributed by atoms with Crippen molar-refractivity contribution < 1.29 is 9.53 Å². The van der Waals surface area contributed by atoms with Crippen LogP contribution in [0.1, 0.15) is 40.5 Å². The largest absolute Gasteiger partial charge is 0.405 e. The normalized spacial score (nSPS) is 14.7. The summed E-state index contributed by atoms with van der Waals surface area (Å²) in [6.07, 6.45) is 2.65. The molecule has 2 nitrogen and oxygen atoms in total. The third-order valence-corrected chi connectivity index (χ3v) is 10.1. The first-order valence-electron chi connectivity index (χ1n) is 9.40. The van der Waals surface area contributed by atoms with Crippen LogP contribution in [0.3, 0.4) is 0 Å². The SMILES string of the molecule is C=CC(O)CC[C@@H](C)O[Si](c1ccccc1)(c1ccccc1)C(C)(C)C. The van der Waals surface area contributed by atoms with Gasteiger partial charge in [-0.05, 0) is 35.2 Å². The van der Waals surface area contributed by atoms with E-state index in [4.69, 9.17) is 4.43 Å². The van der Waals surface area contributed by atoms with Gasteiger partial charge in [-0.25, -0.2) is 0 Å². The van der Waals surface area contributed by atoms with Gasteiger partial charge in [0.25, 0.3) is 8.32 Å². The molecule has 3 heteroatoms. The summed E-state index contributed by atoms with van der Waals surface area (Å²) in [5, 5.41) is 12.4. The molecule has 0 radical (unpaired) electrons. The van der Waals surface area contributed by atoms with Gasteiger partial charge in [0.05, 0.1) is 6.10 Å². The highest BCUT2D eigenvalue weighted by molar-refractivity contribution is 6.99. The van der Waals surface area contributed by atoms with Gasteiger partial charge in [0.15, 0.2) is 0 Å². The molecule has 1 N–H and O–H groups in total. The van der Waals surface area contributed by atoms with Crippen molar-refractivity contribution in [2.75, 3.05) is 0 Å². The first kappa shape index (κ1) is 20.6. The van der Waals surface area contributed by atoms with E-state index in [9.17, 15) is 5.11 Å². The predicted molar refractivity (Wildman–Crippen MR) is 114 cm³/mol. The molecule has 2 aromatic rings. The smallest absolute Gasteiger partial charge is 0.261 e. The van der Waals surface area contributed by atoms with E-state index in [-0.39, 0.29) is 11.1 Å². The van der Waals surface area contributed by atoms with Crippen LogP contribution >= 0.6 is 0 Å². The van der Waals surface area contributed by atoms with Crippen LogP contribution in [0, 0.1) is 0 Å². The van der Waals surface area contributed by atoms with Crippen LogP contribution in [-0.4, -0.2) is 25.6 Å². The van der Waals surface area contributed by atoms with Gasteiger partial charge < -0.3 is 9.53 Å². The van der Waals surface area contributed by atoms with E-state index in [0.717, 1.165) is 6.42 Å². The van der Waals surface area contributed by atoms with Crippen molar-refractivity contribution in [1.82, 2.24) is 0 Å². The van der Waals surface area contributed by atoms with Crippen molar-refractivity contribution >= 4 is 18.7 Å². The van der Waals surface area contributed by atoms with E-state index in [2.05, 4.69) is 94.9 Å². The number of hydrogen-bond acceptors (Lipinski definition) is 2. The van der Waals surface area contributed by atoms with E-state index >= 15 is 0 Å². The zero-order valence-corrected chi connectivity index (χ0v) is 17.5. The van der Waals surface area contributed by atoms with Crippen LogP contribution in [0.25, 0.3) is 0 Å². The molecule has 0 aromatic heterocycles. The average molecular weight is 369 g/mol.